The molecule has 1 aliphatic heterocycles. The van der Waals surface area contributed by atoms with Gasteiger partial charge in [0.2, 0.25) is 5.88 Å². The molecule has 5 heteroatoms. The highest BCUT2D eigenvalue weighted by molar-refractivity contribution is 5.38. The average molecular weight is 262 g/mol. The molecular formula is C14H22N4O. The minimum atomic E-state index is 0.593. The SMILES string of the molecule is COc1cncc(N2CCCC(CNC3CC3)C2)n1. The van der Waals surface area contributed by atoms with Crippen LogP contribution in [0.5, 0.6) is 5.88 Å². The minimum absolute atomic E-state index is 0.593. The summed E-state index contributed by atoms with van der Waals surface area (Å²) in [6.45, 7) is 3.28. The highest BCUT2D eigenvalue weighted by Crippen LogP contribution is 2.24. The van der Waals surface area contributed by atoms with Gasteiger partial charge in [-0.1, -0.05) is 0 Å². The predicted octanol–water partition coefficient (Wildman–Crippen LogP) is 1.45. The summed E-state index contributed by atoms with van der Waals surface area (Å²) < 4.78 is 5.15. The zero-order chi connectivity index (χ0) is 13.1. The molecule has 1 atom stereocenters. The molecule has 1 saturated carbocycles. The van der Waals surface area contributed by atoms with E-state index >= 15 is 0 Å². The van der Waals surface area contributed by atoms with E-state index in [0.29, 0.717) is 5.88 Å². The molecule has 0 bridgehead atoms. The first-order chi connectivity index (χ1) is 9.35. The normalized spacial score (nSPS) is 23.4. The quantitative estimate of drug-likeness (QED) is 0.870. The summed E-state index contributed by atoms with van der Waals surface area (Å²) in [7, 11) is 1.63. The molecule has 1 aromatic heterocycles. The third-order valence-corrected chi connectivity index (χ3v) is 3.92. The summed E-state index contributed by atoms with van der Waals surface area (Å²) in [5, 5.41) is 3.63. The van der Waals surface area contributed by atoms with Gasteiger partial charge in [0.15, 0.2) is 5.82 Å². The zero-order valence-electron chi connectivity index (χ0n) is 11.5. The molecule has 104 valence electrons. The first-order valence-corrected chi connectivity index (χ1v) is 7.19. The van der Waals surface area contributed by atoms with Crippen LogP contribution in [0.25, 0.3) is 0 Å². The fourth-order valence-electron chi connectivity index (χ4n) is 2.65. The Morgan fingerprint density at radius 3 is 3.05 bits per heavy atom. The van der Waals surface area contributed by atoms with Gasteiger partial charge in [-0.3, -0.25) is 4.98 Å². The summed E-state index contributed by atoms with van der Waals surface area (Å²) in [6.07, 6.45) is 8.75. The van der Waals surface area contributed by atoms with Crippen molar-refractivity contribution < 1.29 is 4.74 Å². The summed E-state index contributed by atoms with van der Waals surface area (Å²) in [5.74, 6) is 2.26. The fourth-order valence-corrected chi connectivity index (χ4v) is 2.65. The standard InChI is InChI=1S/C14H22N4O/c1-19-14-9-15-8-13(17-14)18-6-2-3-11(10-18)7-16-12-4-5-12/h8-9,11-12,16H,2-7,10H2,1H3. The van der Waals surface area contributed by atoms with Crippen molar-refractivity contribution in [3.63, 3.8) is 0 Å². The summed E-state index contributed by atoms with van der Waals surface area (Å²) in [4.78, 5) is 11.0. The molecule has 1 unspecified atom stereocenters. The van der Waals surface area contributed by atoms with E-state index in [4.69, 9.17) is 4.74 Å². The number of ether oxygens (including phenoxy) is 1. The summed E-state index contributed by atoms with van der Waals surface area (Å²) in [6, 6.07) is 0.798. The number of aromatic nitrogens is 2. The molecule has 0 aromatic carbocycles. The molecule has 1 saturated heterocycles. The molecule has 2 heterocycles. The number of nitrogens with one attached hydrogen (secondary N) is 1. The van der Waals surface area contributed by atoms with Crippen molar-refractivity contribution in [2.45, 2.75) is 31.7 Å². The molecular weight excluding hydrogens is 240 g/mol. The van der Waals surface area contributed by atoms with E-state index in [2.05, 4.69) is 20.2 Å². The molecule has 0 amide bonds. The van der Waals surface area contributed by atoms with Gasteiger partial charge in [-0.15, -0.1) is 0 Å². The Kier molecular flexibility index (Phi) is 3.82. The van der Waals surface area contributed by atoms with E-state index in [1.807, 2.05) is 6.20 Å². The number of hydrogen-bond donors (Lipinski definition) is 1. The molecule has 0 radical (unpaired) electrons. The predicted molar refractivity (Wildman–Crippen MR) is 74.5 cm³/mol. The number of methoxy groups -OCH3 is 1. The fraction of sp³-hybridized carbons (Fsp3) is 0.714. The number of nitrogens with zero attached hydrogens (tertiary/aromatic N) is 3. The van der Waals surface area contributed by atoms with Crippen molar-refractivity contribution >= 4 is 5.82 Å². The zero-order valence-corrected chi connectivity index (χ0v) is 11.5. The lowest BCUT2D eigenvalue weighted by molar-refractivity contribution is 0.381. The molecule has 3 rings (SSSR count). The number of hydrogen-bond acceptors (Lipinski definition) is 5. The lowest BCUT2D eigenvalue weighted by Crippen LogP contribution is -2.40. The van der Waals surface area contributed by atoms with Crippen molar-refractivity contribution in [1.29, 1.82) is 0 Å². The van der Waals surface area contributed by atoms with Crippen LogP contribution in [0.4, 0.5) is 5.82 Å². The Morgan fingerprint density at radius 2 is 2.26 bits per heavy atom. The Labute approximate surface area is 114 Å². The summed E-state index contributed by atoms with van der Waals surface area (Å²) in [5.41, 5.74) is 0. The third kappa shape index (κ3) is 3.35. The first-order valence-electron chi connectivity index (χ1n) is 7.19. The van der Waals surface area contributed by atoms with E-state index < -0.39 is 0 Å². The van der Waals surface area contributed by atoms with Crippen LogP contribution in [-0.4, -0.2) is 42.8 Å². The van der Waals surface area contributed by atoms with Gasteiger partial charge in [0.1, 0.15) is 0 Å². The Balaban J connectivity index is 1.59. The van der Waals surface area contributed by atoms with E-state index in [1.54, 1.807) is 13.3 Å². The molecule has 1 aliphatic carbocycles. The highest BCUT2D eigenvalue weighted by Gasteiger charge is 2.25. The van der Waals surface area contributed by atoms with Crippen molar-refractivity contribution in [2.75, 3.05) is 31.6 Å². The number of rotatable bonds is 5. The highest BCUT2D eigenvalue weighted by atomic mass is 16.5. The van der Waals surface area contributed by atoms with Gasteiger partial charge in [-0.25, -0.2) is 0 Å². The van der Waals surface area contributed by atoms with Gasteiger partial charge in [0.05, 0.1) is 19.5 Å². The average Bonchev–Trinajstić information content (AvgIpc) is 3.30. The maximum atomic E-state index is 5.15. The Bertz CT molecular complexity index is 422. The Morgan fingerprint density at radius 1 is 1.37 bits per heavy atom. The van der Waals surface area contributed by atoms with E-state index in [9.17, 15) is 0 Å². The minimum Gasteiger partial charge on any atom is -0.480 e. The maximum absolute atomic E-state index is 5.15. The van der Waals surface area contributed by atoms with Crippen LogP contribution >= 0.6 is 0 Å². The topological polar surface area (TPSA) is 50.3 Å². The number of anilines is 1. The molecule has 1 N–H and O–H groups in total. The second-order valence-corrected chi connectivity index (χ2v) is 5.56. The van der Waals surface area contributed by atoms with Crippen LogP contribution in [-0.2, 0) is 0 Å². The first kappa shape index (κ1) is 12.7. The van der Waals surface area contributed by atoms with Crippen LogP contribution in [0, 0.1) is 5.92 Å². The molecule has 0 spiro atoms. The van der Waals surface area contributed by atoms with Crippen molar-refractivity contribution in [3.8, 4) is 5.88 Å². The number of piperidine rings is 1. The molecule has 1 aromatic rings. The van der Waals surface area contributed by atoms with Crippen LogP contribution in [0.2, 0.25) is 0 Å². The Hall–Kier alpha value is -1.36. The van der Waals surface area contributed by atoms with Crippen LogP contribution in [0.15, 0.2) is 12.4 Å². The second-order valence-electron chi connectivity index (χ2n) is 5.56. The molecule has 2 aliphatic rings. The molecule has 19 heavy (non-hydrogen) atoms. The largest absolute Gasteiger partial charge is 0.480 e. The lowest BCUT2D eigenvalue weighted by atomic mass is 9.98. The van der Waals surface area contributed by atoms with Crippen molar-refractivity contribution in [1.82, 2.24) is 15.3 Å². The lowest BCUT2D eigenvalue weighted by Gasteiger charge is -2.33. The monoisotopic (exact) mass is 262 g/mol. The van der Waals surface area contributed by atoms with E-state index in [0.717, 1.165) is 37.4 Å². The molecule has 5 nitrogen and oxygen atoms in total. The van der Waals surface area contributed by atoms with Gasteiger partial charge in [-0.05, 0) is 38.1 Å². The summed E-state index contributed by atoms with van der Waals surface area (Å²) >= 11 is 0. The van der Waals surface area contributed by atoms with Gasteiger partial charge in [-0.2, -0.15) is 4.98 Å². The van der Waals surface area contributed by atoms with Gasteiger partial charge >= 0.3 is 0 Å². The van der Waals surface area contributed by atoms with Crippen LogP contribution in [0.1, 0.15) is 25.7 Å². The second kappa shape index (κ2) is 5.74. The molecule has 2 fully saturated rings. The smallest absolute Gasteiger partial charge is 0.233 e. The van der Waals surface area contributed by atoms with Crippen molar-refractivity contribution in [2.24, 2.45) is 5.92 Å². The van der Waals surface area contributed by atoms with E-state index in [1.165, 1.54) is 25.7 Å². The third-order valence-electron chi connectivity index (χ3n) is 3.92. The van der Waals surface area contributed by atoms with Gasteiger partial charge < -0.3 is 15.0 Å². The van der Waals surface area contributed by atoms with Crippen LogP contribution < -0.4 is 15.0 Å². The van der Waals surface area contributed by atoms with Gasteiger partial charge in [0.25, 0.3) is 0 Å². The van der Waals surface area contributed by atoms with Gasteiger partial charge in [0, 0.05) is 19.1 Å². The van der Waals surface area contributed by atoms with E-state index in [-0.39, 0.29) is 0 Å². The maximum Gasteiger partial charge on any atom is 0.233 e. The van der Waals surface area contributed by atoms with Crippen LogP contribution in [0.3, 0.4) is 0 Å². The van der Waals surface area contributed by atoms with Crippen molar-refractivity contribution in [3.05, 3.63) is 12.4 Å².